The van der Waals surface area contributed by atoms with Crippen LogP contribution in [0.15, 0.2) is 88.9 Å². The molecule has 0 aliphatic rings. The van der Waals surface area contributed by atoms with Crippen LogP contribution in [0.5, 0.6) is 5.75 Å². The van der Waals surface area contributed by atoms with Crippen molar-refractivity contribution in [2.24, 2.45) is 5.10 Å². The van der Waals surface area contributed by atoms with Crippen molar-refractivity contribution in [3.05, 3.63) is 105 Å². The van der Waals surface area contributed by atoms with Crippen molar-refractivity contribution in [3.8, 4) is 5.75 Å². The van der Waals surface area contributed by atoms with Crippen molar-refractivity contribution in [2.75, 3.05) is 5.75 Å². The molecule has 0 aliphatic heterocycles. The standard InChI is InChI=1S/C26H19Cl3N2O2S/c27-19-8-10-21(11-9-19)34-16-26(32)31-30-14-23-22-4-2-1-3-17(22)6-12-25(23)33-15-18-5-7-20(28)13-24(18)29/h1-14H,15-16H2,(H,31,32)/b30-14-. The summed E-state index contributed by atoms with van der Waals surface area (Å²) in [5, 5.41) is 7.93. The largest absolute Gasteiger partial charge is 0.488 e. The van der Waals surface area contributed by atoms with Crippen molar-refractivity contribution in [3.63, 3.8) is 0 Å². The first-order valence-electron chi connectivity index (χ1n) is 10.3. The molecule has 0 atom stereocenters. The topological polar surface area (TPSA) is 50.7 Å². The molecule has 172 valence electrons. The summed E-state index contributed by atoms with van der Waals surface area (Å²) < 4.78 is 6.08. The first-order chi connectivity index (χ1) is 16.5. The van der Waals surface area contributed by atoms with E-state index in [1.165, 1.54) is 11.8 Å². The molecule has 0 heterocycles. The van der Waals surface area contributed by atoms with E-state index in [9.17, 15) is 4.79 Å². The lowest BCUT2D eigenvalue weighted by atomic mass is 10.0. The predicted molar refractivity (Wildman–Crippen MR) is 143 cm³/mol. The summed E-state index contributed by atoms with van der Waals surface area (Å²) in [5.41, 5.74) is 4.16. The quantitative estimate of drug-likeness (QED) is 0.145. The maximum atomic E-state index is 12.3. The molecule has 34 heavy (non-hydrogen) atoms. The van der Waals surface area contributed by atoms with Crippen LogP contribution in [0.2, 0.25) is 15.1 Å². The number of hydrazone groups is 1. The van der Waals surface area contributed by atoms with Gasteiger partial charge >= 0.3 is 0 Å². The number of nitrogens with one attached hydrogen (secondary N) is 1. The fraction of sp³-hybridized carbons (Fsp3) is 0.0769. The normalized spacial score (nSPS) is 11.1. The van der Waals surface area contributed by atoms with E-state index in [0.717, 1.165) is 26.8 Å². The summed E-state index contributed by atoms with van der Waals surface area (Å²) in [6.07, 6.45) is 1.60. The highest BCUT2D eigenvalue weighted by Gasteiger charge is 2.10. The average molecular weight is 530 g/mol. The van der Waals surface area contributed by atoms with Gasteiger partial charge in [0.15, 0.2) is 0 Å². The molecule has 0 radical (unpaired) electrons. The average Bonchev–Trinajstić information content (AvgIpc) is 2.84. The van der Waals surface area contributed by atoms with Gasteiger partial charge in [0.05, 0.1) is 12.0 Å². The van der Waals surface area contributed by atoms with E-state index in [2.05, 4.69) is 10.5 Å². The molecule has 4 aromatic rings. The van der Waals surface area contributed by atoms with Crippen LogP contribution in [-0.2, 0) is 11.4 Å². The van der Waals surface area contributed by atoms with Gasteiger partial charge in [-0.15, -0.1) is 11.8 Å². The number of benzene rings is 4. The van der Waals surface area contributed by atoms with Crippen LogP contribution in [0, 0.1) is 0 Å². The third-order valence-electron chi connectivity index (χ3n) is 4.90. The third-order valence-corrected chi connectivity index (χ3v) is 6.75. The molecule has 4 nitrogen and oxygen atoms in total. The van der Waals surface area contributed by atoms with Gasteiger partial charge < -0.3 is 4.74 Å². The molecule has 0 bridgehead atoms. The smallest absolute Gasteiger partial charge is 0.250 e. The SMILES string of the molecule is O=C(CSc1ccc(Cl)cc1)N/N=C\c1c(OCc2ccc(Cl)cc2Cl)ccc2ccccc12. The van der Waals surface area contributed by atoms with Gasteiger partial charge in [-0.25, -0.2) is 5.43 Å². The van der Waals surface area contributed by atoms with Gasteiger partial charge in [0.2, 0.25) is 5.91 Å². The highest BCUT2D eigenvalue weighted by Crippen LogP contribution is 2.29. The van der Waals surface area contributed by atoms with Crippen LogP contribution in [0.25, 0.3) is 10.8 Å². The van der Waals surface area contributed by atoms with E-state index >= 15 is 0 Å². The van der Waals surface area contributed by atoms with Crippen molar-refractivity contribution < 1.29 is 9.53 Å². The highest BCUT2D eigenvalue weighted by atomic mass is 35.5. The molecular formula is C26H19Cl3N2O2S. The van der Waals surface area contributed by atoms with Crippen LogP contribution < -0.4 is 10.2 Å². The van der Waals surface area contributed by atoms with Gasteiger partial charge in [0.25, 0.3) is 0 Å². The number of rotatable bonds is 8. The molecule has 0 fully saturated rings. The Morgan fingerprint density at radius 1 is 0.941 bits per heavy atom. The number of nitrogens with zero attached hydrogens (tertiary/aromatic N) is 1. The lowest BCUT2D eigenvalue weighted by molar-refractivity contribution is -0.118. The Morgan fingerprint density at radius 3 is 2.50 bits per heavy atom. The Labute approximate surface area is 216 Å². The molecule has 0 unspecified atom stereocenters. The van der Waals surface area contributed by atoms with Gasteiger partial charge in [-0.2, -0.15) is 5.10 Å². The lowest BCUT2D eigenvalue weighted by Gasteiger charge is -2.13. The summed E-state index contributed by atoms with van der Waals surface area (Å²) in [4.78, 5) is 13.2. The van der Waals surface area contributed by atoms with Crippen molar-refractivity contribution >= 4 is 69.5 Å². The van der Waals surface area contributed by atoms with Gasteiger partial charge in [-0.05, 0) is 53.2 Å². The van der Waals surface area contributed by atoms with E-state index in [4.69, 9.17) is 39.5 Å². The van der Waals surface area contributed by atoms with E-state index in [0.29, 0.717) is 20.8 Å². The minimum atomic E-state index is -0.216. The van der Waals surface area contributed by atoms with Gasteiger partial charge in [-0.1, -0.05) is 71.2 Å². The number of carbonyl (C=O) groups excluding carboxylic acids is 1. The van der Waals surface area contributed by atoms with Crippen LogP contribution in [0.3, 0.4) is 0 Å². The minimum Gasteiger partial charge on any atom is -0.488 e. The second-order valence-electron chi connectivity index (χ2n) is 7.26. The van der Waals surface area contributed by atoms with E-state index < -0.39 is 0 Å². The molecule has 1 amide bonds. The van der Waals surface area contributed by atoms with Crippen LogP contribution in [-0.4, -0.2) is 17.9 Å². The van der Waals surface area contributed by atoms with Crippen LogP contribution in [0.4, 0.5) is 0 Å². The number of amides is 1. The Bertz CT molecular complexity index is 1340. The van der Waals surface area contributed by atoms with Crippen LogP contribution >= 0.6 is 46.6 Å². The number of halogens is 3. The summed E-state index contributed by atoms with van der Waals surface area (Å²) in [7, 11) is 0. The zero-order chi connectivity index (χ0) is 23.9. The van der Waals surface area contributed by atoms with Gasteiger partial charge in [-0.3, -0.25) is 4.79 Å². The van der Waals surface area contributed by atoms with E-state index in [1.54, 1.807) is 30.5 Å². The number of ether oxygens (including phenoxy) is 1. The van der Waals surface area contributed by atoms with Crippen molar-refractivity contribution in [1.29, 1.82) is 0 Å². The Morgan fingerprint density at radius 2 is 1.71 bits per heavy atom. The maximum Gasteiger partial charge on any atom is 0.250 e. The molecule has 4 aromatic carbocycles. The fourth-order valence-corrected chi connectivity index (χ4v) is 4.49. The predicted octanol–water partition coefficient (Wildman–Crippen LogP) is 7.62. The summed E-state index contributed by atoms with van der Waals surface area (Å²) in [5.74, 6) is 0.637. The zero-order valence-corrected chi connectivity index (χ0v) is 20.9. The molecule has 0 saturated carbocycles. The van der Waals surface area contributed by atoms with Crippen LogP contribution in [0.1, 0.15) is 11.1 Å². The zero-order valence-electron chi connectivity index (χ0n) is 17.8. The highest BCUT2D eigenvalue weighted by molar-refractivity contribution is 8.00. The first-order valence-corrected chi connectivity index (χ1v) is 12.4. The van der Waals surface area contributed by atoms with E-state index in [1.807, 2.05) is 54.6 Å². The summed E-state index contributed by atoms with van der Waals surface area (Å²) >= 11 is 19.6. The lowest BCUT2D eigenvalue weighted by Crippen LogP contribution is -2.19. The molecule has 0 aliphatic carbocycles. The molecule has 1 N–H and O–H groups in total. The molecule has 0 saturated heterocycles. The first kappa shape index (κ1) is 24.4. The Kier molecular flexibility index (Phi) is 8.35. The Hall–Kier alpha value is -2.70. The minimum absolute atomic E-state index is 0.216. The second kappa shape index (κ2) is 11.6. The number of thioether (sulfide) groups is 1. The number of hydrogen-bond donors (Lipinski definition) is 1. The van der Waals surface area contributed by atoms with Gasteiger partial charge in [0, 0.05) is 31.1 Å². The molecule has 8 heteroatoms. The van der Waals surface area contributed by atoms with Crippen molar-refractivity contribution in [1.82, 2.24) is 5.43 Å². The Balaban J connectivity index is 1.47. The third kappa shape index (κ3) is 6.45. The summed E-state index contributed by atoms with van der Waals surface area (Å²) in [6.45, 7) is 0.263. The van der Waals surface area contributed by atoms with Crippen molar-refractivity contribution in [2.45, 2.75) is 11.5 Å². The number of hydrogen-bond acceptors (Lipinski definition) is 4. The molecule has 0 aromatic heterocycles. The second-order valence-corrected chi connectivity index (χ2v) is 9.59. The monoisotopic (exact) mass is 528 g/mol. The maximum absolute atomic E-state index is 12.3. The number of carbonyl (C=O) groups is 1. The van der Waals surface area contributed by atoms with Gasteiger partial charge in [0.1, 0.15) is 12.4 Å². The summed E-state index contributed by atoms with van der Waals surface area (Å²) in [6, 6.07) is 24.4. The molecule has 4 rings (SSSR count). The fourth-order valence-electron chi connectivity index (χ4n) is 3.21. The van der Waals surface area contributed by atoms with E-state index in [-0.39, 0.29) is 18.3 Å². The molecular weight excluding hydrogens is 511 g/mol. The molecule has 0 spiro atoms. The number of fused-ring (bicyclic) bond motifs is 1.